The Morgan fingerprint density at radius 2 is 1.03 bits per heavy atom. The lowest BCUT2D eigenvalue weighted by Gasteiger charge is -2.09. The molecule has 148 valence electrons. The molecule has 0 aliphatic carbocycles. The molecule has 3 heteroatoms. The minimum Gasteiger partial charge on any atom is -0.264 e. The first-order chi connectivity index (χ1) is 15.3. The van der Waals surface area contributed by atoms with E-state index in [-0.39, 0.29) is 0 Å². The summed E-state index contributed by atoms with van der Waals surface area (Å²) in [6.07, 6.45) is 3.64. The SMILES string of the molecule is Clc1cc(-c2ccc(-c3ccccc3)cc2)cc(-c2ccc(-c3cccnc3)cc2)n1. The van der Waals surface area contributed by atoms with Crippen LogP contribution in [-0.2, 0) is 0 Å². The van der Waals surface area contributed by atoms with Gasteiger partial charge in [0, 0.05) is 18.0 Å². The van der Waals surface area contributed by atoms with E-state index in [9.17, 15) is 0 Å². The summed E-state index contributed by atoms with van der Waals surface area (Å²) in [5.41, 5.74) is 8.64. The van der Waals surface area contributed by atoms with Crippen molar-refractivity contribution < 1.29 is 0 Å². The summed E-state index contributed by atoms with van der Waals surface area (Å²) >= 11 is 6.38. The van der Waals surface area contributed by atoms with Crippen molar-refractivity contribution in [2.24, 2.45) is 0 Å². The van der Waals surface area contributed by atoms with E-state index >= 15 is 0 Å². The molecule has 0 aliphatic heterocycles. The maximum absolute atomic E-state index is 6.38. The fourth-order valence-electron chi connectivity index (χ4n) is 3.66. The van der Waals surface area contributed by atoms with Crippen molar-refractivity contribution in [3.8, 4) is 44.6 Å². The second-order valence-electron chi connectivity index (χ2n) is 7.33. The Morgan fingerprint density at radius 3 is 1.68 bits per heavy atom. The zero-order valence-electron chi connectivity index (χ0n) is 16.7. The van der Waals surface area contributed by atoms with Crippen LogP contribution in [0.2, 0.25) is 5.15 Å². The fraction of sp³-hybridized carbons (Fsp3) is 0. The second kappa shape index (κ2) is 8.55. The molecule has 31 heavy (non-hydrogen) atoms. The number of pyridine rings is 2. The van der Waals surface area contributed by atoms with Gasteiger partial charge in [-0.05, 0) is 51.6 Å². The number of halogens is 1. The van der Waals surface area contributed by atoms with E-state index in [0.717, 1.165) is 33.5 Å². The molecule has 0 fully saturated rings. The molecule has 0 amide bonds. The molecule has 0 bridgehead atoms. The predicted molar refractivity (Wildman–Crippen MR) is 129 cm³/mol. The van der Waals surface area contributed by atoms with E-state index in [0.29, 0.717) is 5.15 Å². The van der Waals surface area contributed by atoms with Gasteiger partial charge >= 0.3 is 0 Å². The van der Waals surface area contributed by atoms with Crippen molar-refractivity contribution in [1.29, 1.82) is 0 Å². The molecule has 0 N–H and O–H groups in total. The fourth-order valence-corrected chi connectivity index (χ4v) is 3.87. The quantitative estimate of drug-likeness (QED) is 0.278. The van der Waals surface area contributed by atoms with Gasteiger partial charge in [0.15, 0.2) is 0 Å². The van der Waals surface area contributed by atoms with Crippen molar-refractivity contribution in [2.75, 3.05) is 0 Å². The van der Waals surface area contributed by atoms with Crippen molar-refractivity contribution in [3.63, 3.8) is 0 Å². The number of aromatic nitrogens is 2. The Kier molecular flexibility index (Phi) is 5.30. The molecule has 0 saturated carbocycles. The molecular formula is C28H19ClN2. The van der Waals surface area contributed by atoms with Crippen LogP contribution in [0.15, 0.2) is 116 Å². The van der Waals surface area contributed by atoms with Gasteiger partial charge in [-0.15, -0.1) is 0 Å². The van der Waals surface area contributed by atoms with Gasteiger partial charge in [-0.1, -0.05) is 96.5 Å². The third-order valence-electron chi connectivity index (χ3n) is 5.29. The standard InChI is InChI=1S/C28H19ClN2/c29-28-18-26(23-10-8-21(9-11-23)20-5-2-1-3-6-20)17-27(31-28)24-14-12-22(13-15-24)25-7-4-16-30-19-25/h1-19H. The normalized spacial score (nSPS) is 10.7. The van der Waals surface area contributed by atoms with E-state index in [4.69, 9.17) is 11.6 Å². The van der Waals surface area contributed by atoms with E-state index < -0.39 is 0 Å². The van der Waals surface area contributed by atoms with Crippen LogP contribution < -0.4 is 0 Å². The Balaban J connectivity index is 1.45. The van der Waals surface area contributed by atoms with Gasteiger partial charge < -0.3 is 0 Å². The largest absolute Gasteiger partial charge is 0.264 e. The summed E-state index contributed by atoms with van der Waals surface area (Å²) in [6.45, 7) is 0. The highest BCUT2D eigenvalue weighted by molar-refractivity contribution is 6.29. The molecule has 0 aliphatic rings. The number of nitrogens with zero attached hydrogens (tertiary/aromatic N) is 2. The molecule has 0 radical (unpaired) electrons. The number of benzene rings is 3. The van der Waals surface area contributed by atoms with Crippen LogP contribution in [0.5, 0.6) is 0 Å². The Hall–Kier alpha value is -3.75. The summed E-state index contributed by atoms with van der Waals surface area (Å²) in [6, 6.07) is 35.2. The maximum Gasteiger partial charge on any atom is 0.130 e. The molecule has 0 unspecified atom stereocenters. The van der Waals surface area contributed by atoms with E-state index in [1.165, 1.54) is 11.1 Å². The number of hydrogen-bond acceptors (Lipinski definition) is 2. The molecule has 0 spiro atoms. The highest BCUT2D eigenvalue weighted by Crippen LogP contribution is 2.30. The van der Waals surface area contributed by atoms with Gasteiger partial charge in [0.25, 0.3) is 0 Å². The molecule has 5 aromatic rings. The number of rotatable bonds is 4. The van der Waals surface area contributed by atoms with Crippen LogP contribution in [0.4, 0.5) is 0 Å². The first kappa shape index (κ1) is 19.2. The van der Waals surface area contributed by atoms with Gasteiger partial charge in [-0.3, -0.25) is 4.98 Å². The highest BCUT2D eigenvalue weighted by Gasteiger charge is 2.08. The van der Waals surface area contributed by atoms with Gasteiger partial charge in [-0.2, -0.15) is 0 Å². The van der Waals surface area contributed by atoms with Crippen LogP contribution in [0.3, 0.4) is 0 Å². The summed E-state index contributed by atoms with van der Waals surface area (Å²) in [7, 11) is 0. The Morgan fingerprint density at radius 1 is 0.484 bits per heavy atom. The monoisotopic (exact) mass is 418 g/mol. The summed E-state index contributed by atoms with van der Waals surface area (Å²) in [5.74, 6) is 0. The molecule has 2 aromatic heterocycles. The average Bonchev–Trinajstić information content (AvgIpc) is 2.85. The zero-order chi connectivity index (χ0) is 21.0. The van der Waals surface area contributed by atoms with Gasteiger partial charge in [0.2, 0.25) is 0 Å². The zero-order valence-corrected chi connectivity index (χ0v) is 17.5. The van der Waals surface area contributed by atoms with Gasteiger partial charge in [0.05, 0.1) is 5.69 Å². The molecule has 0 saturated heterocycles. The lowest BCUT2D eigenvalue weighted by Crippen LogP contribution is -1.88. The second-order valence-corrected chi connectivity index (χ2v) is 7.71. The molecule has 3 aromatic carbocycles. The molecule has 2 heterocycles. The Labute approximate surface area is 186 Å². The third-order valence-corrected chi connectivity index (χ3v) is 5.49. The van der Waals surface area contributed by atoms with Crippen LogP contribution in [-0.4, -0.2) is 9.97 Å². The van der Waals surface area contributed by atoms with Crippen molar-refractivity contribution in [2.45, 2.75) is 0 Å². The lowest BCUT2D eigenvalue weighted by molar-refractivity contribution is 1.32. The minimum absolute atomic E-state index is 0.482. The smallest absolute Gasteiger partial charge is 0.130 e. The van der Waals surface area contributed by atoms with Crippen LogP contribution >= 0.6 is 11.6 Å². The summed E-state index contributed by atoms with van der Waals surface area (Å²) in [4.78, 5) is 8.74. The Bertz CT molecular complexity index is 1200. The van der Waals surface area contributed by atoms with Crippen LogP contribution in [0.25, 0.3) is 44.6 Å². The van der Waals surface area contributed by atoms with Crippen molar-refractivity contribution >= 4 is 11.6 Å². The molecular weight excluding hydrogens is 400 g/mol. The first-order valence-electron chi connectivity index (χ1n) is 10.1. The summed E-state index contributed by atoms with van der Waals surface area (Å²) in [5, 5.41) is 0.482. The first-order valence-corrected chi connectivity index (χ1v) is 10.5. The maximum atomic E-state index is 6.38. The average molecular weight is 419 g/mol. The summed E-state index contributed by atoms with van der Waals surface area (Å²) < 4.78 is 0. The van der Waals surface area contributed by atoms with Crippen LogP contribution in [0, 0.1) is 0 Å². The molecule has 0 atom stereocenters. The topological polar surface area (TPSA) is 25.8 Å². The van der Waals surface area contributed by atoms with Gasteiger partial charge in [-0.25, -0.2) is 4.98 Å². The van der Waals surface area contributed by atoms with E-state index in [2.05, 4.69) is 94.9 Å². The van der Waals surface area contributed by atoms with E-state index in [1.54, 1.807) is 6.20 Å². The van der Waals surface area contributed by atoms with E-state index in [1.807, 2.05) is 24.4 Å². The minimum atomic E-state index is 0.482. The van der Waals surface area contributed by atoms with Crippen molar-refractivity contribution in [3.05, 3.63) is 121 Å². The van der Waals surface area contributed by atoms with Crippen LogP contribution in [0.1, 0.15) is 0 Å². The third kappa shape index (κ3) is 4.25. The van der Waals surface area contributed by atoms with Crippen molar-refractivity contribution in [1.82, 2.24) is 9.97 Å². The van der Waals surface area contributed by atoms with Gasteiger partial charge in [0.1, 0.15) is 5.15 Å². The lowest BCUT2D eigenvalue weighted by atomic mass is 9.99. The number of hydrogen-bond donors (Lipinski definition) is 0. The molecule has 5 rings (SSSR count). The predicted octanol–water partition coefficient (Wildman–Crippen LogP) is 7.80. The molecule has 2 nitrogen and oxygen atoms in total. The highest BCUT2D eigenvalue weighted by atomic mass is 35.5.